The van der Waals surface area contributed by atoms with Crippen LogP contribution in [-0.2, 0) is 0 Å². The number of nitrogens with zero attached hydrogens (tertiary/aromatic N) is 1. The highest BCUT2D eigenvalue weighted by Crippen LogP contribution is 2.28. The number of benzene rings is 1. The number of halogens is 1. The molecule has 1 heterocycles. The van der Waals surface area contributed by atoms with Gasteiger partial charge < -0.3 is 5.32 Å². The molecule has 0 bridgehead atoms. The quantitative estimate of drug-likeness (QED) is 0.824. The molecule has 1 N–H and O–H groups in total. The van der Waals surface area contributed by atoms with Gasteiger partial charge in [-0.3, -0.25) is 4.99 Å². The maximum Gasteiger partial charge on any atom is 0.161 e. The van der Waals surface area contributed by atoms with Crippen LogP contribution in [0.5, 0.6) is 0 Å². The normalized spacial score (nSPS) is 18.7. The third kappa shape index (κ3) is 3.22. The summed E-state index contributed by atoms with van der Waals surface area (Å²) in [4.78, 5) is 4.44. The van der Waals surface area contributed by atoms with Gasteiger partial charge in [-0.05, 0) is 30.0 Å². The fourth-order valence-corrected chi connectivity index (χ4v) is 2.51. The Morgan fingerprint density at radius 2 is 2.18 bits per heavy atom. The van der Waals surface area contributed by atoms with E-state index in [2.05, 4.69) is 24.2 Å². The molecule has 1 aromatic carbocycles. The monoisotopic (exact) mass is 252 g/mol. The molecule has 0 fully saturated rings. The van der Waals surface area contributed by atoms with Crippen LogP contribution in [0.3, 0.4) is 0 Å². The number of nitrogens with one attached hydrogen (secondary N) is 1. The van der Waals surface area contributed by atoms with Crippen molar-refractivity contribution in [1.82, 2.24) is 0 Å². The molecule has 0 spiro atoms. The van der Waals surface area contributed by atoms with E-state index in [4.69, 9.17) is 0 Å². The molecule has 2 rings (SSSR count). The number of aryl methyl sites for hydroxylation is 1. The number of thioether (sulfide) groups is 1. The van der Waals surface area contributed by atoms with Crippen LogP contribution in [0.1, 0.15) is 19.4 Å². The second kappa shape index (κ2) is 4.69. The van der Waals surface area contributed by atoms with Crippen molar-refractivity contribution < 1.29 is 4.39 Å². The van der Waals surface area contributed by atoms with Gasteiger partial charge in [-0.1, -0.05) is 31.7 Å². The molecule has 2 nitrogen and oxygen atoms in total. The van der Waals surface area contributed by atoms with Crippen LogP contribution in [0.2, 0.25) is 0 Å². The average Bonchev–Trinajstić information content (AvgIpc) is 2.25. The molecule has 1 aliphatic rings. The number of hydrogen-bond donors (Lipinski definition) is 1. The summed E-state index contributed by atoms with van der Waals surface area (Å²) >= 11 is 1.65. The summed E-state index contributed by atoms with van der Waals surface area (Å²) in [7, 11) is 0. The number of aliphatic imine (C=N–C) groups is 1. The van der Waals surface area contributed by atoms with Gasteiger partial charge in [0, 0.05) is 12.3 Å². The smallest absolute Gasteiger partial charge is 0.161 e. The standard InChI is InChI=1S/C13H17FN2S/c1-9-4-5-11(10(14)6-9)16-12-15-7-13(2,3)8-17-12/h4-6H,7-8H2,1-3H3,(H,15,16). The first-order valence-electron chi connectivity index (χ1n) is 5.67. The molecule has 1 aliphatic heterocycles. The van der Waals surface area contributed by atoms with Crippen molar-refractivity contribution in [2.75, 3.05) is 17.6 Å². The second-order valence-electron chi connectivity index (χ2n) is 5.18. The van der Waals surface area contributed by atoms with Gasteiger partial charge >= 0.3 is 0 Å². The summed E-state index contributed by atoms with van der Waals surface area (Å²) in [5, 5.41) is 3.86. The highest BCUT2D eigenvalue weighted by molar-refractivity contribution is 8.14. The Kier molecular flexibility index (Phi) is 3.43. The fraction of sp³-hybridized carbons (Fsp3) is 0.462. The molecule has 0 saturated carbocycles. The Balaban J connectivity index is 2.09. The van der Waals surface area contributed by atoms with E-state index in [-0.39, 0.29) is 11.2 Å². The molecular weight excluding hydrogens is 235 g/mol. The second-order valence-corrected chi connectivity index (χ2v) is 6.15. The SMILES string of the molecule is Cc1ccc(NC2=NCC(C)(C)CS2)c(F)c1. The van der Waals surface area contributed by atoms with Gasteiger partial charge in [0.15, 0.2) is 5.17 Å². The highest BCUT2D eigenvalue weighted by atomic mass is 32.2. The van der Waals surface area contributed by atoms with Gasteiger partial charge in [0.25, 0.3) is 0 Å². The van der Waals surface area contributed by atoms with E-state index in [0.29, 0.717) is 5.69 Å². The average molecular weight is 252 g/mol. The molecule has 92 valence electrons. The Morgan fingerprint density at radius 3 is 2.76 bits per heavy atom. The fourth-order valence-electron chi connectivity index (χ4n) is 1.55. The summed E-state index contributed by atoms with van der Waals surface area (Å²) in [6.45, 7) is 7.04. The molecule has 0 radical (unpaired) electrons. The summed E-state index contributed by atoms with van der Waals surface area (Å²) in [6.07, 6.45) is 0. The third-order valence-electron chi connectivity index (χ3n) is 2.62. The molecule has 0 unspecified atom stereocenters. The molecule has 17 heavy (non-hydrogen) atoms. The van der Waals surface area contributed by atoms with Crippen molar-refractivity contribution in [2.45, 2.75) is 20.8 Å². The highest BCUT2D eigenvalue weighted by Gasteiger charge is 2.23. The zero-order valence-corrected chi connectivity index (χ0v) is 11.2. The van der Waals surface area contributed by atoms with Crippen molar-refractivity contribution >= 4 is 22.6 Å². The van der Waals surface area contributed by atoms with E-state index in [9.17, 15) is 4.39 Å². The Morgan fingerprint density at radius 1 is 1.41 bits per heavy atom. The molecule has 0 aliphatic carbocycles. The van der Waals surface area contributed by atoms with Crippen molar-refractivity contribution in [2.24, 2.45) is 10.4 Å². The van der Waals surface area contributed by atoms with Gasteiger partial charge in [-0.15, -0.1) is 0 Å². The largest absolute Gasteiger partial charge is 0.333 e. The van der Waals surface area contributed by atoms with Crippen molar-refractivity contribution in [3.63, 3.8) is 0 Å². The topological polar surface area (TPSA) is 24.4 Å². The molecule has 1 aromatic rings. The number of amidine groups is 1. The first-order chi connectivity index (χ1) is 7.96. The maximum atomic E-state index is 13.6. The molecule has 4 heteroatoms. The first kappa shape index (κ1) is 12.4. The summed E-state index contributed by atoms with van der Waals surface area (Å²) in [5.41, 5.74) is 1.66. The van der Waals surface area contributed by atoms with Crippen LogP contribution in [0.25, 0.3) is 0 Å². The number of rotatable bonds is 1. The van der Waals surface area contributed by atoms with E-state index in [0.717, 1.165) is 23.0 Å². The van der Waals surface area contributed by atoms with Crippen LogP contribution in [0.4, 0.5) is 10.1 Å². The Bertz CT molecular complexity index is 455. The number of anilines is 1. The van der Waals surface area contributed by atoms with Gasteiger partial charge in [-0.25, -0.2) is 4.39 Å². The van der Waals surface area contributed by atoms with E-state index < -0.39 is 0 Å². The molecule has 0 aromatic heterocycles. The minimum absolute atomic E-state index is 0.224. The lowest BCUT2D eigenvalue weighted by atomic mass is 9.97. The molecule has 0 atom stereocenters. The van der Waals surface area contributed by atoms with Crippen LogP contribution in [0.15, 0.2) is 23.2 Å². The zero-order chi connectivity index (χ0) is 12.5. The Labute approximate surface area is 106 Å². The van der Waals surface area contributed by atoms with E-state index in [1.54, 1.807) is 17.8 Å². The van der Waals surface area contributed by atoms with Gasteiger partial charge in [-0.2, -0.15) is 0 Å². The van der Waals surface area contributed by atoms with Gasteiger partial charge in [0.1, 0.15) is 5.82 Å². The predicted molar refractivity (Wildman–Crippen MR) is 73.3 cm³/mol. The molecule has 0 amide bonds. The maximum absolute atomic E-state index is 13.6. The van der Waals surface area contributed by atoms with E-state index in [1.165, 1.54) is 6.07 Å². The van der Waals surface area contributed by atoms with E-state index in [1.807, 2.05) is 13.0 Å². The predicted octanol–water partition coefficient (Wildman–Crippen LogP) is 3.68. The Hall–Kier alpha value is -1.03. The third-order valence-corrected chi connectivity index (χ3v) is 4.05. The van der Waals surface area contributed by atoms with Crippen LogP contribution in [-0.4, -0.2) is 17.5 Å². The van der Waals surface area contributed by atoms with Crippen molar-refractivity contribution in [1.29, 1.82) is 0 Å². The lowest BCUT2D eigenvalue weighted by Crippen LogP contribution is -2.27. The summed E-state index contributed by atoms with van der Waals surface area (Å²) in [5.74, 6) is 0.782. The first-order valence-corrected chi connectivity index (χ1v) is 6.65. The summed E-state index contributed by atoms with van der Waals surface area (Å²) in [6, 6.07) is 5.18. The van der Waals surface area contributed by atoms with Gasteiger partial charge in [0.2, 0.25) is 0 Å². The number of hydrogen-bond acceptors (Lipinski definition) is 3. The lowest BCUT2D eigenvalue weighted by molar-refractivity contribution is 0.438. The minimum atomic E-state index is -0.224. The molecule has 0 saturated heterocycles. The zero-order valence-electron chi connectivity index (χ0n) is 10.4. The minimum Gasteiger partial charge on any atom is -0.333 e. The lowest BCUT2D eigenvalue weighted by Gasteiger charge is -2.27. The van der Waals surface area contributed by atoms with Crippen LogP contribution >= 0.6 is 11.8 Å². The van der Waals surface area contributed by atoms with E-state index >= 15 is 0 Å². The van der Waals surface area contributed by atoms with Crippen LogP contribution in [0, 0.1) is 18.2 Å². The summed E-state index contributed by atoms with van der Waals surface area (Å²) < 4.78 is 13.6. The van der Waals surface area contributed by atoms with Crippen molar-refractivity contribution in [3.05, 3.63) is 29.6 Å². The van der Waals surface area contributed by atoms with Gasteiger partial charge in [0.05, 0.1) is 5.69 Å². The van der Waals surface area contributed by atoms with Crippen LogP contribution < -0.4 is 5.32 Å². The molecular formula is C13H17FN2S. The van der Waals surface area contributed by atoms with Crippen molar-refractivity contribution in [3.8, 4) is 0 Å².